The third-order valence-corrected chi connectivity index (χ3v) is 3.02. The first kappa shape index (κ1) is 21.7. The van der Waals surface area contributed by atoms with Gasteiger partial charge in [-0.1, -0.05) is 59.1 Å². The van der Waals surface area contributed by atoms with E-state index in [-0.39, 0.29) is 0 Å². The molecule has 0 bridgehead atoms. The van der Waals surface area contributed by atoms with Crippen molar-refractivity contribution in [1.82, 2.24) is 0 Å². The highest BCUT2D eigenvalue weighted by molar-refractivity contribution is 5.85. The van der Waals surface area contributed by atoms with E-state index in [0.717, 1.165) is 32.1 Å². The summed E-state index contributed by atoms with van der Waals surface area (Å²) in [6.07, 6.45) is 8.85. The summed E-state index contributed by atoms with van der Waals surface area (Å²) in [6.45, 7) is 11.1. The molecule has 0 atom stereocenters. The molecule has 0 aliphatic heterocycles. The minimum absolute atomic E-state index is 0.327. The molecule has 0 aliphatic rings. The molecule has 0 heterocycles. The van der Waals surface area contributed by atoms with Crippen molar-refractivity contribution in [2.45, 2.75) is 71.6 Å². The number of rotatable bonds is 11. The highest BCUT2D eigenvalue weighted by Gasteiger charge is 2.02. The van der Waals surface area contributed by atoms with Gasteiger partial charge in [0, 0.05) is 11.1 Å². The Bertz CT molecular complexity index is 332. The van der Waals surface area contributed by atoms with Crippen molar-refractivity contribution in [1.29, 1.82) is 0 Å². The zero-order chi connectivity index (χ0) is 16.7. The largest absolute Gasteiger partial charge is 0.478 e. The fraction of sp³-hybridized carbons (Fsp3) is 0.647. The smallest absolute Gasteiger partial charge is 0.330 e. The van der Waals surface area contributed by atoms with Crippen molar-refractivity contribution in [2.75, 3.05) is 0 Å². The molecule has 0 radical (unpaired) electrons. The first-order valence-electron chi connectivity index (χ1n) is 7.68. The Hall–Kier alpha value is -1.58. The van der Waals surface area contributed by atoms with E-state index in [1.54, 1.807) is 0 Å². The molecule has 0 aromatic rings. The van der Waals surface area contributed by atoms with Gasteiger partial charge in [0.2, 0.25) is 0 Å². The van der Waals surface area contributed by atoms with Gasteiger partial charge in [-0.3, -0.25) is 0 Å². The minimum Gasteiger partial charge on any atom is -0.478 e. The van der Waals surface area contributed by atoms with Crippen LogP contribution >= 0.6 is 0 Å². The van der Waals surface area contributed by atoms with Gasteiger partial charge in [-0.05, 0) is 25.7 Å². The van der Waals surface area contributed by atoms with E-state index in [1.165, 1.54) is 12.8 Å². The van der Waals surface area contributed by atoms with Crippen molar-refractivity contribution < 1.29 is 19.8 Å². The lowest BCUT2D eigenvalue weighted by Gasteiger charge is -1.98. The third kappa shape index (κ3) is 16.4. The van der Waals surface area contributed by atoms with E-state index in [4.69, 9.17) is 10.2 Å². The van der Waals surface area contributed by atoms with Crippen LogP contribution in [0, 0.1) is 0 Å². The van der Waals surface area contributed by atoms with Crippen LogP contribution in [0.3, 0.4) is 0 Å². The number of unbranched alkanes of at least 4 members (excludes halogenated alkanes) is 5. The SMILES string of the molecule is C=C(CCCCC)C(=O)O.C=C(CCCCCC)C(=O)O. The van der Waals surface area contributed by atoms with Crippen LogP contribution in [0.4, 0.5) is 0 Å². The molecule has 21 heavy (non-hydrogen) atoms. The fourth-order valence-corrected chi connectivity index (χ4v) is 1.57. The molecule has 0 amide bonds. The summed E-state index contributed by atoms with van der Waals surface area (Å²) in [5.74, 6) is -1.72. The van der Waals surface area contributed by atoms with Gasteiger partial charge in [-0.25, -0.2) is 9.59 Å². The standard InChI is InChI=1S/C9H16O2.C8H14O2/c1-3-4-5-6-7-8(2)9(10)11;1-3-4-5-6-7(2)8(9)10/h2-7H2,1H3,(H,10,11);2-6H2,1H3,(H,9,10). The topological polar surface area (TPSA) is 74.6 Å². The zero-order valence-corrected chi connectivity index (χ0v) is 13.5. The quantitative estimate of drug-likeness (QED) is 0.424. The Morgan fingerprint density at radius 3 is 1.38 bits per heavy atom. The maximum absolute atomic E-state index is 10.3. The Morgan fingerprint density at radius 1 is 0.714 bits per heavy atom. The summed E-state index contributed by atoms with van der Waals surface area (Å²) < 4.78 is 0. The van der Waals surface area contributed by atoms with Crippen LogP contribution < -0.4 is 0 Å². The molecule has 0 spiro atoms. The fourth-order valence-electron chi connectivity index (χ4n) is 1.57. The molecular formula is C17H30O4. The van der Waals surface area contributed by atoms with Crippen molar-refractivity contribution >= 4 is 11.9 Å². The summed E-state index contributed by atoms with van der Waals surface area (Å²) in [5, 5.41) is 16.8. The average Bonchev–Trinajstić information content (AvgIpc) is 2.44. The molecule has 122 valence electrons. The van der Waals surface area contributed by atoms with E-state index in [2.05, 4.69) is 27.0 Å². The summed E-state index contributed by atoms with van der Waals surface area (Å²) in [5.41, 5.74) is 0.662. The Morgan fingerprint density at radius 2 is 1.05 bits per heavy atom. The van der Waals surface area contributed by atoms with Crippen LogP contribution in [-0.2, 0) is 9.59 Å². The predicted octanol–water partition coefficient (Wildman–Crippen LogP) is 4.81. The Kier molecular flexibility index (Phi) is 15.3. The monoisotopic (exact) mass is 298 g/mol. The molecule has 0 saturated heterocycles. The normalized spacial score (nSPS) is 9.43. The number of hydrogen-bond donors (Lipinski definition) is 2. The summed E-state index contributed by atoms with van der Waals surface area (Å²) >= 11 is 0. The van der Waals surface area contributed by atoms with E-state index in [1.807, 2.05) is 0 Å². The second kappa shape index (κ2) is 14.8. The molecule has 2 N–H and O–H groups in total. The van der Waals surface area contributed by atoms with Gasteiger partial charge in [0.25, 0.3) is 0 Å². The molecule has 0 aromatic heterocycles. The zero-order valence-electron chi connectivity index (χ0n) is 13.5. The van der Waals surface area contributed by atoms with Gasteiger partial charge in [0.15, 0.2) is 0 Å². The van der Waals surface area contributed by atoms with Gasteiger partial charge >= 0.3 is 11.9 Å². The lowest BCUT2D eigenvalue weighted by atomic mass is 10.1. The molecule has 4 nitrogen and oxygen atoms in total. The lowest BCUT2D eigenvalue weighted by Crippen LogP contribution is -1.98. The average molecular weight is 298 g/mol. The number of carboxylic acids is 2. The van der Waals surface area contributed by atoms with E-state index in [9.17, 15) is 9.59 Å². The third-order valence-electron chi connectivity index (χ3n) is 3.02. The maximum atomic E-state index is 10.3. The first-order chi connectivity index (χ1) is 9.86. The van der Waals surface area contributed by atoms with Crippen LogP contribution in [0.2, 0.25) is 0 Å². The molecular weight excluding hydrogens is 268 g/mol. The summed E-state index contributed by atoms with van der Waals surface area (Å²) in [4.78, 5) is 20.5. The van der Waals surface area contributed by atoms with Crippen LogP contribution in [0.15, 0.2) is 24.3 Å². The Balaban J connectivity index is 0. The molecule has 0 saturated carbocycles. The van der Waals surface area contributed by atoms with Gasteiger partial charge in [-0.2, -0.15) is 0 Å². The second-order valence-corrected chi connectivity index (χ2v) is 5.09. The van der Waals surface area contributed by atoms with Crippen molar-refractivity contribution in [3.05, 3.63) is 24.3 Å². The van der Waals surface area contributed by atoms with E-state index < -0.39 is 11.9 Å². The molecule has 0 unspecified atom stereocenters. The van der Waals surface area contributed by atoms with Gasteiger partial charge in [0.05, 0.1) is 0 Å². The molecule has 0 fully saturated rings. The minimum atomic E-state index is -0.865. The summed E-state index contributed by atoms with van der Waals surface area (Å²) in [7, 11) is 0. The number of hydrogen-bond acceptors (Lipinski definition) is 2. The van der Waals surface area contributed by atoms with Crippen molar-refractivity contribution in [3.8, 4) is 0 Å². The van der Waals surface area contributed by atoms with Crippen LogP contribution in [0.5, 0.6) is 0 Å². The molecule has 0 aliphatic carbocycles. The number of carboxylic acid groups (broad SMARTS) is 2. The van der Waals surface area contributed by atoms with Crippen molar-refractivity contribution in [3.63, 3.8) is 0 Å². The van der Waals surface area contributed by atoms with Crippen LogP contribution in [0.1, 0.15) is 71.6 Å². The lowest BCUT2D eigenvalue weighted by molar-refractivity contribution is -0.133. The maximum Gasteiger partial charge on any atom is 0.330 e. The molecule has 0 rings (SSSR count). The van der Waals surface area contributed by atoms with Crippen LogP contribution in [0.25, 0.3) is 0 Å². The second-order valence-electron chi connectivity index (χ2n) is 5.09. The van der Waals surface area contributed by atoms with Crippen molar-refractivity contribution in [2.24, 2.45) is 0 Å². The molecule has 4 heteroatoms. The predicted molar refractivity (Wildman–Crippen MR) is 86.5 cm³/mol. The van der Waals surface area contributed by atoms with Gasteiger partial charge in [-0.15, -0.1) is 0 Å². The highest BCUT2D eigenvalue weighted by atomic mass is 16.4. The van der Waals surface area contributed by atoms with E-state index >= 15 is 0 Å². The first-order valence-corrected chi connectivity index (χ1v) is 7.68. The Labute approximate surface area is 128 Å². The van der Waals surface area contributed by atoms with Gasteiger partial charge < -0.3 is 10.2 Å². The summed E-state index contributed by atoms with van der Waals surface area (Å²) in [6, 6.07) is 0. The number of carbonyl (C=O) groups is 2. The molecule has 0 aromatic carbocycles. The number of aliphatic carboxylic acids is 2. The highest BCUT2D eigenvalue weighted by Crippen LogP contribution is 2.08. The van der Waals surface area contributed by atoms with Gasteiger partial charge in [0.1, 0.15) is 0 Å². The van der Waals surface area contributed by atoms with Crippen LogP contribution in [-0.4, -0.2) is 22.2 Å². The van der Waals surface area contributed by atoms with E-state index in [0.29, 0.717) is 24.0 Å².